The van der Waals surface area contributed by atoms with Gasteiger partial charge in [0.1, 0.15) is 5.75 Å². The summed E-state index contributed by atoms with van der Waals surface area (Å²) in [5.74, 6) is 1.72. The summed E-state index contributed by atoms with van der Waals surface area (Å²) in [6.07, 6.45) is 3.80. The van der Waals surface area contributed by atoms with Gasteiger partial charge < -0.3 is 19.5 Å². The van der Waals surface area contributed by atoms with Gasteiger partial charge in [-0.05, 0) is 48.5 Å². The lowest BCUT2D eigenvalue weighted by molar-refractivity contribution is -0.116. The van der Waals surface area contributed by atoms with Gasteiger partial charge in [0.15, 0.2) is 16.6 Å². The standard InChI is InChI=1S/C21H25N3O4S/c1-26-17-7-5-4-6-16(17)9-11-20(25)23-24-21(29)22-13-12-15-8-10-18(27-2)19(14-15)28-3/h4-11,14H,12-13H2,1-3H3,(H,23,25)(H2,22,24,29)/b11-9+. The van der Waals surface area contributed by atoms with Crippen LogP contribution in [-0.4, -0.2) is 38.9 Å². The summed E-state index contributed by atoms with van der Waals surface area (Å²) in [7, 11) is 4.79. The topological polar surface area (TPSA) is 80.9 Å². The van der Waals surface area contributed by atoms with E-state index in [9.17, 15) is 4.79 Å². The van der Waals surface area contributed by atoms with Crippen molar-refractivity contribution in [3.63, 3.8) is 0 Å². The first-order chi connectivity index (χ1) is 14.1. The van der Waals surface area contributed by atoms with Crippen LogP contribution < -0.4 is 30.4 Å². The van der Waals surface area contributed by atoms with Gasteiger partial charge in [-0.1, -0.05) is 24.3 Å². The van der Waals surface area contributed by atoms with Crippen molar-refractivity contribution >= 4 is 29.3 Å². The lowest BCUT2D eigenvalue weighted by Crippen LogP contribution is -2.46. The minimum Gasteiger partial charge on any atom is -0.496 e. The van der Waals surface area contributed by atoms with Crippen molar-refractivity contribution in [3.05, 3.63) is 59.7 Å². The number of hydrogen-bond acceptors (Lipinski definition) is 5. The number of hydrazine groups is 1. The average molecular weight is 416 g/mol. The van der Waals surface area contributed by atoms with Crippen LogP contribution in [0.5, 0.6) is 17.2 Å². The summed E-state index contributed by atoms with van der Waals surface area (Å²) < 4.78 is 15.8. The number of amides is 1. The van der Waals surface area contributed by atoms with Gasteiger partial charge in [0.25, 0.3) is 5.91 Å². The average Bonchev–Trinajstić information content (AvgIpc) is 2.76. The Morgan fingerprint density at radius 1 is 0.966 bits per heavy atom. The molecule has 0 spiro atoms. The highest BCUT2D eigenvalue weighted by Crippen LogP contribution is 2.27. The van der Waals surface area contributed by atoms with Gasteiger partial charge in [0, 0.05) is 18.2 Å². The van der Waals surface area contributed by atoms with Crippen molar-refractivity contribution in [2.24, 2.45) is 0 Å². The number of ether oxygens (including phenoxy) is 3. The molecule has 0 heterocycles. The predicted molar refractivity (Wildman–Crippen MR) is 117 cm³/mol. The number of carbonyl (C=O) groups is 1. The number of carbonyl (C=O) groups excluding carboxylic acids is 1. The first kappa shape index (κ1) is 22.0. The Balaban J connectivity index is 1.74. The molecular formula is C21H25N3O4S. The maximum atomic E-state index is 11.9. The molecule has 154 valence electrons. The zero-order valence-electron chi connectivity index (χ0n) is 16.7. The van der Waals surface area contributed by atoms with E-state index in [1.165, 1.54) is 6.08 Å². The van der Waals surface area contributed by atoms with E-state index >= 15 is 0 Å². The van der Waals surface area contributed by atoms with Gasteiger partial charge in [0.2, 0.25) is 0 Å². The first-order valence-corrected chi connectivity index (χ1v) is 9.34. The Hall–Kier alpha value is -3.26. The molecule has 8 heteroatoms. The Morgan fingerprint density at radius 2 is 1.69 bits per heavy atom. The van der Waals surface area contributed by atoms with Gasteiger partial charge in [-0.3, -0.25) is 15.6 Å². The van der Waals surface area contributed by atoms with Crippen LogP contribution in [0, 0.1) is 0 Å². The Labute approximate surface area is 176 Å². The normalized spacial score (nSPS) is 10.3. The van der Waals surface area contributed by atoms with Gasteiger partial charge in [-0.2, -0.15) is 0 Å². The molecule has 2 aromatic carbocycles. The predicted octanol–water partition coefficient (Wildman–Crippen LogP) is 2.46. The van der Waals surface area contributed by atoms with E-state index in [1.54, 1.807) is 27.4 Å². The molecule has 1 amide bonds. The number of nitrogens with one attached hydrogen (secondary N) is 3. The third-order valence-electron chi connectivity index (χ3n) is 4.00. The molecule has 0 aliphatic rings. The Bertz CT molecular complexity index is 871. The molecule has 7 nitrogen and oxygen atoms in total. The van der Waals surface area contributed by atoms with E-state index in [4.69, 9.17) is 26.4 Å². The molecule has 3 N–H and O–H groups in total. The zero-order valence-corrected chi connectivity index (χ0v) is 17.5. The minimum absolute atomic E-state index is 0.324. The van der Waals surface area contributed by atoms with Crippen molar-refractivity contribution in [1.82, 2.24) is 16.2 Å². The molecule has 0 saturated carbocycles. The van der Waals surface area contributed by atoms with Crippen molar-refractivity contribution in [3.8, 4) is 17.2 Å². The minimum atomic E-state index is -0.333. The quantitative estimate of drug-likeness (QED) is 0.347. The van der Waals surface area contributed by atoms with Gasteiger partial charge in [-0.25, -0.2) is 0 Å². The summed E-state index contributed by atoms with van der Waals surface area (Å²) in [5, 5.41) is 3.36. The van der Waals surface area contributed by atoms with Crippen LogP contribution in [0.4, 0.5) is 0 Å². The molecule has 0 radical (unpaired) electrons. The largest absolute Gasteiger partial charge is 0.496 e. The van der Waals surface area contributed by atoms with Crippen molar-refractivity contribution in [1.29, 1.82) is 0 Å². The monoisotopic (exact) mass is 415 g/mol. The van der Waals surface area contributed by atoms with Crippen LogP contribution in [0.2, 0.25) is 0 Å². The van der Waals surface area contributed by atoms with Crippen molar-refractivity contribution in [2.45, 2.75) is 6.42 Å². The number of para-hydroxylation sites is 1. The molecule has 2 rings (SSSR count). The summed E-state index contributed by atoms with van der Waals surface area (Å²) in [5.41, 5.74) is 7.06. The SMILES string of the molecule is COc1ccccc1/C=C/C(=O)NNC(=S)NCCc1ccc(OC)c(OC)c1. The van der Waals surface area contributed by atoms with Crippen LogP contribution >= 0.6 is 12.2 Å². The second kappa shape index (κ2) is 11.6. The lowest BCUT2D eigenvalue weighted by atomic mass is 10.1. The third kappa shape index (κ3) is 7.00. The van der Waals surface area contributed by atoms with Crippen molar-refractivity contribution in [2.75, 3.05) is 27.9 Å². The highest BCUT2D eigenvalue weighted by Gasteiger charge is 2.05. The van der Waals surface area contributed by atoms with E-state index in [2.05, 4.69) is 16.2 Å². The second-order valence-corrected chi connectivity index (χ2v) is 6.29. The first-order valence-electron chi connectivity index (χ1n) is 8.93. The van der Waals surface area contributed by atoms with Crippen LogP contribution in [0.3, 0.4) is 0 Å². The Morgan fingerprint density at radius 3 is 2.41 bits per heavy atom. The summed E-state index contributed by atoms with van der Waals surface area (Å²) in [4.78, 5) is 11.9. The molecule has 0 unspecified atom stereocenters. The highest BCUT2D eigenvalue weighted by atomic mass is 32.1. The second-order valence-electron chi connectivity index (χ2n) is 5.88. The number of hydrogen-bond donors (Lipinski definition) is 3. The van der Waals surface area contributed by atoms with Crippen LogP contribution in [0.1, 0.15) is 11.1 Å². The summed E-state index contributed by atoms with van der Waals surface area (Å²) >= 11 is 5.17. The summed E-state index contributed by atoms with van der Waals surface area (Å²) in [6.45, 7) is 0.592. The number of thiocarbonyl (C=S) groups is 1. The fraction of sp³-hybridized carbons (Fsp3) is 0.238. The molecule has 0 bridgehead atoms. The van der Waals surface area contributed by atoms with E-state index in [0.29, 0.717) is 28.9 Å². The van der Waals surface area contributed by atoms with Crippen LogP contribution in [0.25, 0.3) is 6.08 Å². The van der Waals surface area contributed by atoms with E-state index < -0.39 is 0 Å². The molecule has 0 atom stereocenters. The molecule has 0 saturated heterocycles. The van der Waals surface area contributed by atoms with Gasteiger partial charge in [0.05, 0.1) is 21.3 Å². The van der Waals surface area contributed by atoms with E-state index in [0.717, 1.165) is 17.5 Å². The fourth-order valence-corrected chi connectivity index (χ4v) is 2.68. The molecule has 0 fully saturated rings. The van der Waals surface area contributed by atoms with Crippen molar-refractivity contribution < 1.29 is 19.0 Å². The van der Waals surface area contributed by atoms with E-state index in [-0.39, 0.29) is 5.91 Å². The number of rotatable bonds is 8. The fourth-order valence-electron chi connectivity index (χ4n) is 2.53. The number of methoxy groups -OCH3 is 3. The maximum absolute atomic E-state index is 11.9. The van der Waals surface area contributed by atoms with Crippen LogP contribution in [0.15, 0.2) is 48.5 Å². The zero-order chi connectivity index (χ0) is 21.1. The highest BCUT2D eigenvalue weighted by molar-refractivity contribution is 7.80. The van der Waals surface area contributed by atoms with E-state index in [1.807, 2.05) is 42.5 Å². The number of benzene rings is 2. The molecule has 2 aromatic rings. The Kier molecular flexibility index (Phi) is 8.78. The summed E-state index contributed by atoms with van der Waals surface area (Å²) in [6, 6.07) is 13.2. The molecule has 0 aromatic heterocycles. The molecule has 0 aliphatic carbocycles. The van der Waals surface area contributed by atoms with Gasteiger partial charge >= 0.3 is 0 Å². The van der Waals surface area contributed by atoms with Gasteiger partial charge in [-0.15, -0.1) is 0 Å². The molecule has 29 heavy (non-hydrogen) atoms. The molecular weight excluding hydrogens is 390 g/mol. The van der Waals surface area contributed by atoms with Crippen LogP contribution in [-0.2, 0) is 11.2 Å². The third-order valence-corrected chi connectivity index (χ3v) is 4.25. The maximum Gasteiger partial charge on any atom is 0.262 e. The smallest absolute Gasteiger partial charge is 0.262 e. The lowest BCUT2D eigenvalue weighted by Gasteiger charge is -2.12. The molecule has 0 aliphatic heterocycles.